The lowest BCUT2D eigenvalue weighted by atomic mass is 10.1. The van der Waals surface area contributed by atoms with E-state index >= 15 is 0 Å². The maximum atomic E-state index is 5.99. The Kier molecular flexibility index (Phi) is 4.69. The van der Waals surface area contributed by atoms with Gasteiger partial charge in [0, 0.05) is 9.99 Å². The number of hydrogen-bond acceptors (Lipinski definition) is 2. The van der Waals surface area contributed by atoms with E-state index in [0.717, 1.165) is 14.2 Å². The zero-order valence-electron chi connectivity index (χ0n) is 7.43. The molecule has 0 fully saturated rings. The second-order valence-electron chi connectivity index (χ2n) is 2.80. The molecular formula is C10H10ClIN2. The first-order chi connectivity index (χ1) is 6.69. The van der Waals surface area contributed by atoms with Gasteiger partial charge in [0.25, 0.3) is 0 Å². The van der Waals surface area contributed by atoms with E-state index in [1.807, 2.05) is 18.2 Å². The lowest BCUT2D eigenvalue weighted by Crippen LogP contribution is -2.27. The van der Waals surface area contributed by atoms with Crippen molar-refractivity contribution in [3.8, 4) is 12.3 Å². The van der Waals surface area contributed by atoms with Gasteiger partial charge in [0.2, 0.25) is 0 Å². The number of hydrogen-bond donors (Lipinski definition) is 2. The van der Waals surface area contributed by atoms with Crippen molar-refractivity contribution in [3.05, 3.63) is 32.4 Å². The molecule has 0 aromatic heterocycles. The Morgan fingerprint density at radius 2 is 2.36 bits per heavy atom. The number of halogens is 2. The van der Waals surface area contributed by atoms with Gasteiger partial charge in [-0.3, -0.25) is 11.3 Å². The summed E-state index contributed by atoms with van der Waals surface area (Å²) in [5.74, 6) is 7.95. The summed E-state index contributed by atoms with van der Waals surface area (Å²) < 4.78 is 1.02. The maximum absolute atomic E-state index is 5.99. The Morgan fingerprint density at radius 1 is 1.64 bits per heavy atom. The van der Waals surface area contributed by atoms with Gasteiger partial charge in [-0.25, -0.2) is 0 Å². The Balaban J connectivity index is 2.95. The van der Waals surface area contributed by atoms with Crippen LogP contribution in [0.2, 0.25) is 5.02 Å². The van der Waals surface area contributed by atoms with Crippen LogP contribution in [0.1, 0.15) is 18.0 Å². The number of hydrazine groups is 1. The highest BCUT2D eigenvalue weighted by atomic mass is 127. The maximum Gasteiger partial charge on any atom is 0.0569 e. The van der Waals surface area contributed by atoms with Crippen LogP contribution in [0.25, 0.3) is 0 Å². The van der Waals surface area contributed by atoms with E-state index in [1.54, 1.807) is 0 Å². The Hall–Kier alpha value is -0.280. The lowest BCUT2D eigenvalue weighted by molar-refractivity contribution is 0.568. The number of rotatable bonds is 3. The Bertz CT molecular complexity index is 360. The highest BCUT2D eigenvalue weighted by Crippen LogP contribution is 2.24. The molecule has 2 nitrogen and oxygen atoms in total. The average Bonchev–Trinajstić information content (AvgIpc) is 2.19. The minimum absolute atomic E-state index is 0.0329. The van der Waals surface area contributed by atoms with Crippen LogP contribution >= 0.6 is 34.2 Å². The predicted octanol–water partition coefficient (Wildman–Crippen LogP) is 2.47. The fourth-order valence-corrected chi connectivity index (χ4v) is 1.64. The van der Waals surface area contributed by atoms with Crippen molar-refractivity contribution < 1.29 is 0 Å². The van der Waals surface area contributed by atoms with Crippen LogP contribution in [-0.2, 0) is 0 Å². The standard InChI is InChI=1S/C10H10ClIN2/c1-2-3-10(14-13)7-4-5-9(12)8(11)6-7/h1,4-6,10,14H,3,13H2. The highest BCUT2D eigenvalue weighted by Gasteiger charge is 2.09. The quantitative estimate of drug-likeness (QED) is 0.389. The van der Waals surface area contributed by atoms with Gasteiger partial charge >= 0.3 is 0 Å². The van der Waals surface area contributed by atoms with E-state index in [2.05, 4.69) is 33.9 Å². The van der Waals surface area contributed by atoms with Crippen LogP contribution in [0.5, 0.6) is 0 Å². The van der Waals surface area contributed by atoms with E-state index in [9.17, 15) is 0 Å². The summed E-state index contributed by atoms with van der Waals surface area (Å²) in [5, 5.41) is 0.723. The SMILES string of the molecule is C#CCC(NN)c1ccc(I)c(Cl)c1. The second kappa shape index (κ2) is 5.56. The van der Waals surface area contributed by atoms with Gasteiger partial charge in [0.1, 0.15) is 0 Å². The first kappa shape index (κ1) is 11.8. The molecule has 1 unspecified atom stereocenters. The zero-order chi connectivity index (χ0) is 10.6. The van der Waals surface area contributed by atoms with Crippen LogP contribution < -0.4 is 11.3 Å². The number of terminal acetylenes is 1. The van der Waals surface area contributed by atoms with Crippen LogP contribution in [0.3, 0.4) is 0 Å². The van der Waals surface area contributed by atoms with E-state index in [4.69, 9.17) is 23.9 Å². The van der Waals surface area contributed by atoms with Crippen molar-refractivity contribution >= 4 is 34.2 Å². The molecular weight excluding hydrogens is 310 g/mol. The number of benzene rings is 1. The third kappa shape index (κ3) is 2.85. The zero-order valence-corrected chi connectivity index (χ0v) is 10.3. The first-order valence-corrected chi connectivity index (χ1v) is 5.49. The van der Waals surface area contributed by atoms with Crippen LogP contribution in [0, 0.1) is 15.9 Å². The summed E-state index contributed by atoms with van der Waals surface area (Å²) in [4.78, 5) is 0. The molecule has 0 saturated carbocycles. The summed E-state index contributed by atoms with van der Waals surface area (Å²) in [7, 11) is 0. The first-order valence-electron chi connectivity index (χ1n) is 4.03. The van der Waals surface area contributed by atoms with Crippen molar-refractivity contribution in [1.29, 1.82) is 0 Å². The second-order valence-corrected chi connectivity index (χ2v) is 4.37. The average molecular weight is 321 g/mol. The van der Waals surface area contributed by atoms with Crippen molar-refractivity contribution in [3.63, 3.8) is 0 Å². The molecule has 0 bridgehead atoms. The molecule has 0 aliphatic carbocycles. The molecule has 4 heteroatoms. The van der Waals surface area contributed by atoms with E-state index in [1.165, 1.54) is 0 Å². The monoisotopic (exact) mass is 320 g/mol. The molecule has 0 spiro atoms. The minimum atomic E-state index is -0.0329. The largest absolute Gasteiger partial charge is 0.271 e. The molecule has 74 valence electrons. The van der Waals surface area contributed by atoms with Gasteiger partial charge in [-0.1, -0.05) is 17.7 Å². The van der Waals surface area contributed by atoms with E-state index in [-0.39, 0.29) is 6.04 Å². The number of nitrogens with two attached hydrogens (primary N) is 1. The molecule has 1 rings (SSSR count). The van der Waals surface area contributed by atoms with E-state index in [0.29, 0.717) is 6.42 Å². The molecule has 0 aliphatic rings. The molecule has 1 atom stereocenters. The molecule has 0 radical (unpaired) electrons. The molecule has 14 heavy (non-hydrogen) atoms. The molecule has 0 amide bonds. The fourth-order valence-electron chi connectivity index (χ4n) is 1.12. The van der Waals surface area contributed by atoms with Gasteiger partial charge in [0.05, 0.1) is 11.1 Å². The Labute approximate surface area is 102 Å². The van der Waals surface area contributed by atoms with Crippen molar-refractivity contribution in [1.82, 2.24) is 5.43 Å². The normalized spacial score (nSPS) is 12.1. The van der Waals surface area contributed by atoms with Gasteiger partial charge < -0.3 is 0 Å². The summed E-state index contributed by atoms with van der Waals surface area (Å²) in [6, 6.07) is 5.76. The highest BCUT2D eigenvalue weighted by molar-refractivity contribution is 14.1. The fraction of sp³-hybridized carbons (Fsp3) is 0.200. The van der Waals surface area contributed by atoms with Gasteiger partial charge in [-0.15, -0.1) is 12.3 Å². The molecule has 0 heterocycles. The van der Waals surface area contributed by atoms with Gasteiger partial charge in [-0.05, 0) is 40.3 Å². The van der Waals surface area contributed by atoms with Gasteiger partial charge in [0.15, 0.2) is 0 Å². The minimum Gasteiger partial charge on any atom is -0.271 e. The van der Waals surface area contributed by atoms with Gasteiger partial charge in [-0.2, -0.15) is 0 Å². The summed E-state index contributed by atoms with van der Waals surface area (Å²) >= 11 is 8.16. The summed E-state index contributed by atoms with van der Waals surface area (Å²) in [6.45, 7) is 0. The lowest BCUT2D eigenvalue weighted by Gasteiger charge is -2.13. The molecule has 1 aromatic rings. The predicted molar refractivity (Wildman–Crippen MR) is 67.7 cm³/mol. The number of nitrogens with one attached hydrogen (secondary N) is 1. The van der Waals surface area contributed by atoms with Crippen molar-refractivity contribution in [2.45, 2.75) is 12.5 Å². The van der Waals surface area contributed by atoms with Crippen molar-refractivity contribution in [2.75, 3.05) is 0 Å². The topological polar surface area (TPSA) is 38.0 Å². The third-order valence-electron chi connectivity index (χ3n) is 1.87. The molecule has 3 N–H and O–H groups in total. The van der Waals surface area contributed by atoms with Crippen LogP contribution in [0.15, 0.2) is 18.2 Å². The molecule has 0 saturated heterocycles. The Morgan fingerprint density at radius 3 is 2.86 bits per heavy atom. The van der Waals surface area contributed by atoms with Crippen molar-refractivity contribution in [2.24, 2.45) is 5.84 Å². The summed E-state index contributed by atoms with van der Waals surface area (Å²) in [6.07, 6.45) is 5.78. The molecule has 1 aromatic carbocycles. The van der Waals surface area contributed by atoms with E-state index < -0.39 is 0 Å². The van der Waals surface area contributed by atoms with Crippen LogP contribution in [0.4, 0.5) is 0 Å². The van der Waals surface area contributed by atoms with Crippen LogP contribution in [-0.4, -0.2) is 0 Å². The summed E-state index contributed by atoms with van der Waals surface area (Å²) in [5.41, 5.74) is 3.67. The third-order valence-corrected chi connectivity index (χ3v) is 3.44. The molecule has 0 aliphatic heterocycles. The smallest absolute Gasteiger partial charge is 0.0569 e.